The average molecular weight is 433 g/mol. The Hall–Kier alpha value is -1.61. The Labute approximate surface area is 169 Å². The minimum Gasteiger partial charge on any atom is -0.302 e. The molecule has 1 amide bonds. The lowest BCUT2D eigenvalue weighted by molar-refractivity contribution is -0.141. The van der Waals surface area contributed by atoms with Gasteiger partial charge in [0.2, 0.25) is 5.91 Å². The molecule has 5 nitrogen and oxygen atoms in total. The van der Waals surface area contributed by atoms with Gasteiger partial charge in [0, 0.05) is 17.2 Å². The Bertz CT molecular complexity index is 904. The largest absolute Gasteiger partial charge is 0.436 e. The molecule has 2 aromatic rings. The molecule has 0 spiro atoms. The number of aryl methyl sites for hydroxylation is 2. The van der Waals surface area contributed by atoms with Gasteiger partial charge in [0.15, 0.2) is 10.8 Å². The Kier molecular flexibility index (Phi) is 5.16. The number of nitrogens with one attached hydrogen (secondary N) is 1. The maximum atomic E-state index is 13.1. The molecule has 0 aliphatic heterocycles. The molecule has 10 heteroatoms. The molecule has 0 bridgehead atoms. The highest BCUT2D eigenvalue weighted by atomic mass is 35.5. The molecule has 4 rings (SSSR count). The van der Waals surface area contributed by atoms with Crippen LogP contribution in [-0.4, -0.2) is 20.7 Å². The van der Waals surface area contributed by atoms with Gasteiger partial charge in [-0.05, 0) is 38.0 Å². The third kappa shape index (κ3) is 4.05. The van der Waals surface area contributed by atoms with Crippen molar-refractivity contribution < 1.29 is 18.0 Å². The molecule has 2 heterocycles. The van der Waals surface area contributed by atoms with Crippen LogP contribution < -0.4 is 5.32 Å². The topological polar surface area (TPSA) is 59.8 Å². The molecule has 0 saturated heterocycles. The maximum absolute atomic E-state index is 13.1. The first-order valence-corrected chi connectivity index (χ1v) is 10.5. The number of thiazole rings is 1. The third-order valence-electron chi connectivity index (χ3n) is 5.15. The van der Waals surface area contributed by atoms with E-state index in [4.69, 9.17) is 11.6 Å². The summed E-state index contributed by atoms with van der Waals surface area (Å²) in [6, 6.07) is 0. The Balaban J connectivity index is 1.43. The summed E-state index contributed by atoms with van der Waals surface area (Å²) in [6.07, 6.45) is -0.0358. The number of anilines is 1. The zero-order valence-electron chi connectivity index (χ0n) is 15.3. The van der Waals surface area contributed by atoms with E-state index in [-0.39, 0.29) is 29.8 Å². The van der Waals surface area contributed by atoms with Gasteiger partial charge in [-0.15, -0.1) is 11.3 Å². The lowest BCUT2D eigenvalue weighted by Gasteiger charge is -2.15. The first-order valence-electron chi connectivity index (χ1n) is 9.34. The molecule has 152 valence electrons. The number of nitrogens with zero attached hydrogens (tertiary/aromatic N) is 3. The van der Waals surface area contributed by atoms with Gasteiger partial charge in [-0.1, -0.05) is 18.5 Å². The van der Waals surface area contributed by atoms with Crippen molar-refractivity contribution in [3.63, 3.8) is 0 Å². The number of rotatable bonds is 5. The van der Waals surface area contributed by atoms with E-state index >= 15 is 0 Å². The van der Waals surface area contributed by atoms with Crippen LogP contribution in [0, 0.1) is 5.92 Å². The zero-order valence-corrected chi connectivity index (χ0v) is 16.8. The number of halogens is 4. The normalized spacial score (nSPS) is 19.5. The van der Waals surface area contributed by atoms with Crippen LogP contribution in [0.5, 0.6) is 0 Å². The summed E-state index contributed by atoms with van der Waals surface area (Å²) in [5, 5.41) is 6.64. The minimum atomic E-state index is -4.61. The van der Waals surface area contributed by atoms with E-state index in [1.165, 1.54) is 20.9 Å². The van der Waals surface area contributed by atoms with Gasteiger partial charge in [-0.2, -0.15) is 18.3 Å². The predicted molar refractivity (Wildman–Crippen MR) is 101 cm³/mol. The predicted octanol–water partition coefficient (Wildman–Crippen LogP) is 5.04. The second kappa shape index (κ2) is 7.33. The standard InChI is InChI=1S/C18H20ClF3N4OS/c1-9-2-5-11-12(8-9)28-17(23-11)24-13(27)6-7-26-15(10-3-4-10)14(19)16(25-26)18(20,21)22/h9-10H,2-8H2,1H3,(H,23,24,27)/t9-/m1/s1. The second-order valence-corrected chi connectivity index (χ2v) is 9.04. The second-order valence-electron chi connectivity index (χ2n) is 7.58. The highest BCUT2D eigenvalue weighted by molar-refractivity contribution is 7.15. The van der Waals surface area contributed by atoms with Gasteiger partial charge >= 0.3 is 6.18 Å². The van der Waals surface area contributed by atoms with Crippen molar-refractivity contribution in [1.82, 2.24) is 14.8 Å². The summed E-state index contributed by atoms with van der Waals surface area (Å²) in [5.74, 6) is 0.317. The lowest BCUT2D eigenvalue weighted by atomic mass is 9.93. The van der Waals surface area contributed by atoms with E-state index in [9.17, 15) is 18.0 Å². The maximum Gasteiger partial charge on any atom is 0.436 e. The van der Waals surface area contributed by atoms with Crippen molar-refractivity contribution in [3.8, 4) is 0 Å². The monoisotopic (exact) mass is 432 g/mol. The van der Waals surface area contributed by atoms with Crippen LogP contribution in [-0.2, 0) is 30.4 Å². The van der Waals surface area contributed by atoms with E-state index in [0.717, 1.165) is 37.8 Å². The third-order valence-corrected chi connectivity index (χ3v) is 6.56. The number of hydrogen-bond acceptors (Lipinski definition) is 4. The quantitative estimate of drug-likeness (QED) is 0.719. The molecular formula is C18H20ClF3N4OS. The molecular weight excluding hydrogens is 413 g/mol. The van der Waals surface area contributed by atoms with Crippen LogP contribution in [0.15, 0.2) is 0 Å². The molecule has 0 radical (unpaired) electrons. The fraction of sp³-hybridized carbons (Fsp3) is 0.611. The Morgan fingerprint density at radius 2 is 2.11 bits per heavy atom. The van der Waals surface area contributed by atoms with Gasteiger partial charge in [0.25, 0.3) is 0 Å². The Morgan fingerprint density at radius 1 is 1.36 bits per heavy atom. The lowest BCUT2D eigenvalue weighted by Crippen LogP contribution is -2.16. The van der Waals surface area contributed by atoms with Crippen molar-refractivity contribution in [1.29, 1.82) is 0 Å². The number of aromatic nitrogens is 3. The number of amides is 1. The number of alkyl halides is 3. The van der Waals surface area contributed by atoms with Gasteiger partial charge in [-0.3, -0.25) is 9.48 Å². The van der Waals surface area contributed by atoms with Crippen molar-refractivity contribution >= 4 is 34.0 Å². The van der Waals surface area contributed by atoms with Crippen molar-refractivity contribution in [2.75, 3.05) is 5.32 Å². The molecule has 0 unspecified atom stereocenters. The van der Waals surface area contributed by atoms with Crippen molar-refractivity contribution in [3.05, 3.63) is 27.0 Å². The van der Waals surface area contributed by atoms with Crippen LogP contribution in [0.4, 0.5) is 18.3 Å². The van der Waals surface area contributed by atoms with Gasteiger partial charge < -0.3 is 5.32 Å². The zero-order chi connectivity index (χ0) is 20.1. The first kappa shape index (κ1) is 19.7. The molecule has 2 aliphatic rings. The summed E-state index contributed by atoms with van der Waals surface area (Å²) in [6.45, 7) is 2.25. The summed E-state index contributed by atoms with van der Waals surface area (Å²) >= 11 is 7.43. The van der Waals surface area contributed by atoms with E-state index in [1.807, 2.05) is 0 Å². The van der Waals surface area contributed by atoms with E-state index in [0.29, 0.717) is 16.7 Å². The highest BCUT2D eigenvalue weighted by Crippen LogP contribution is 2.47. The Morgan fingerprint density at radius 3 is 2.79 bits per heavy atom. The molecule has 1 atom stereocenters. The number of carbonyl (C=O) groups excluding carboxylic acids is 1. The SMILES string of the molecule is C[C@@H]1CCc2nc(NC(=O)CCn3nc(C(F)(F)F)c(Cl)c3C3CC3)sc2C1. The molecule has 28 heavy (non-hydrogen) atoms. The average Bonchev–Trinajstić information content (AvgIpc) is 3.26. The van der Waals surface area contributed by atoms with Crippen LogP contribution in [0.2, 0.25) is 5.02 Å². The minimum absolute atomic E-state index is 0.00756. The summed E-state index contributed by atoms with van der Waals surface area (Å²) in [5.41, 5.74) is 0.363. The fourth-order valence-corrected chi connectivity index (χ4v) is 5.12. The molecule has 1 N–H and O–H groups in total. The first-order chi connectivity index (χ1) is 13.2. The number of carbonyl (C=O) groups is 1. The van der Waals surface area contributed by atoms with E-state index in [1.54, 1.807) is 0 Å². The van der Waals surface area contributed by atoms with Gasteiger partial charge in [0.1, 0.15) is 0 Å². The van der Waals surface area contributed by atoms with Crippen molar-refractivity contribution in [2.24, 2.45) is 5.92 Å². The summed E-state index contributed by atoms with van der Waals surface area (Å²) < 4.78 is 40.6. The van der Waals surface area contributed by atoms with Gasteiger partial charge in [0.05, 0.1) is 23.0 Å². The number of fused-ring (bicyclic) bond motifs is 1. The molecule has 1 fully saturated rings. The summed E-state index contributed by atoms with van der Waals surface area (Å²) in [4.78, 5) is 18.0. The van der Waals surface area contributed by atoms with E-state index < -0.39 is 11.9 Å². The number of hydrogen-bond donors (Lipinski definition) is 1. The fourth-order valence-electron chi connectivity index (χ4n) is 3.53. The van der Waals surface area contributed by atoms with Crippen LogP contribution >= 0.6 is 22.9 Å². The highest BCUT2D eigenvalue weighted by Gasteiger charge is 2.42. The molecule has 2 aliphatic carbocycles. The molecule has 2 aromatic heterocycles. The smallest absolute Gasteiger partial charge is 0.302 e. The summed E-state index contributed by atoms with van der Waals surface area (Å²) in [7, 11) is 0. The molecule has 1 saturated carbocycles. The molecule has 0 aromatic carbocycles. The van der Waals surface area contributed by atoms with Crippen LogP contribution in [0.1, 0.15) is 60.5 Å². The van der Waals surface area contributed by atoms with E-state index in [2.05, 4.69) is 22.3 Å². The van der Waals surface area contributed by atoms with Crippen molar-refractivity contribution in [2.45, 2.75) is 64.1 Å². The van der Waals surface area contributed by atoms with Crippen LogP contribution in [0.25, 0.3) is 0 Å². The van der Waals surface area contributed by atoms with Crippen LogP contribution in [0.3, 0.4) is 0 Å². The van der Waals surface area contributed by atoms with Gasteiger partial charge in [-0.25, -0.2) is 4.98 Å².